The Hall–Kier alpha value is -4.54. The number of phosphoric ester groups is 2. The molecule has 0 bridgehead atoms. The van der Waals surface area contributed by atoms with Crippen LogP contribution in [-0.4, -0.2) is 96.7 Å². The van der Waals surface area contributed by atoms with E-state index in [1.54, 1.807) is 12.2 Å². The highest BCUT2D eigenvalue weighted by atomic mass is 31.2. The summed E-state index contributed by atoms with van der Waals surface area (Å²) in [6.07, 6.45) is 76.5. The van der Waals surface area contributed by atoms with Gasteiger partial charge >= 0.3 is 39.5 Å². The van der Waals surface area contributed by atoms with Gasteiger partial charge in [0.25, 0.3) is 0 Å². The first-order chi connectivity index (χ1) is 47.7. The lowest BCUT2D eigenvalue weighted by molar-refractivity contribution is -0.161. The summed E-state index contributed by atoms with van der Waals surface area (Å²) in [5, 5.41) is 10.6. The number of carbonyl (C=O) groups excluding carboxylic acids is 4. The molecule has 0 aliphatic heterocycles. The van der Waals surface area contributed by atoms with Crippen LogP contribution in [0.1, 0.15) is 297 Å². The molecule has 0 radical (unpaired) electrons. The standard InChI is InChI=1S/C79H134O17P2/c1-5-9-13-17-21-25-29-33-35-36-38-41-44-48-52-56-60-64-77(82)90-70-75(96-79(84)66-62-58-54-50-46-42-37-34-30-26-22-18-14-10-6-2)72-94-98(87,88)92-68-73(80)67-91-97(85,86)93-71-74(95-78(83)65-61-57-53-49-45-40-32-28-24-20-16-12-8-4)69-89-76(81)63-59-55-51-47-43-39-31-27-23-19-15-11-7-3/h9-10,13-14,21-22,25-27,31,33-35,37-38,41,46,50,58,62,73-75,80H,5-8,11-12,15-20,23-24,28-30,32,36,39-40,42-45,47-49,51-57,59-61,63-72H2,1-4H3,(H,85,86)(H,87,88)/b13-9-,14-10-,25-21-,26-22-,31-27-,35-33-,37-34-,41-38-,50-46-,62-58-. The summed E-state index contributed by atoms with van der Waals surface area (Å²) in [4.78, 5) is 72.7. The lowest BCUT2D eigenvalue weighted by atomic mass is 10.0. The van der Waals surface area contributed by atoms with E-state index in [0.29, 0.717) is 25.7 Å². The number of phosphoric acid groups is 2. The van der Waals surface area contributed by atoms with Crippen LogP contribution in [0.3, 0.4) is 0 Å². The lowest BCUT2D eigenvalue weighted by Crippen LogP contribution is -2.30. The molecule has 5 atom stereocenters. The van der Waals surface area contributed by atoms with Crippen molar-refractivity contribution in [1.82, 2.24) is 0 Å². The Balaban J connectivity index is 5.44. The maximum absolute atomic E-state index is 13.1. The van der Waals surface area contributed by atoms with Gasteiger partial charge in [0.15, 0.2) is 12.2 Å². The molecule has 19 heteroatoms. The van der Waals surface area contributed by atoms with E-state index in [4.69, 9.17) is 37.0 Å². The molecule has 3 N–H and O–H groups in total. The topological polar surface area (TPSA) is 237 Å². The zero-order chi connectivity index (χ0) is 71.8. The van der Waals surface area contributed by atoms with Crippen molar-refractivity contribution in [2.45, 2.75) is 316 Å². The molecule has 0 saturated carbocycles. The summed E-state index contributed by atoms with van der Waals surface area (Å²) >= 11 is 0. The van der Waals surface area contributed by atoms with Gasteiger partial charge in [0, 0.05) is 19.3 Å². The van der Waals surface area contributed by atoms with Crippen molar-refractivity contribution in [3.05, 3.63) is 122 Å². The minimum atomic E-state index is -5.00. The van der Waals surface area contributed by atoms with Crippen molar-refractivity contribution in [1.29, 1.82) is 0 Å². The van der Waals surface area contributed by atoms with Gasteiger partial charge in [0.2, 0.25) is 0 Å². The zero-order valence-corrected chi connectivity index (χ0v) is 63.0. The Kier molecular flexibility index (Phi) is 67.6. The number of allylic oxidation sites excluding steroid dienone is 19. The number of esters is 4. The third-order valence-corrected chi connectivity index (χ3v) is 17.4. The molecule has 0 heterocycles. The number of hydrogen-bond donors (Lipinski definition) is 3. The van der Waals surface area contributed by atoms with Gasteiger partial charge in [-0.05, 0) is 116 Å². The van der Waals surface area contributed by atoms with E-state index < -0.39 is 97.5 Å². The van der Waals surface area contributed by atoms with Crippen LogP contribution in [0.15, 0.2) is 122 Å². The van der Waals surface area contributed by atoms with Gasteiger partial charge < -0.3 is 33.8 Å². The van der Waals surface area contributed by atoms with Crippen molar-refractivity contribution in [2.24, 2.45) is 0 Å². The first-order valence-electron chi connectivity index (χ1n) is 37.8. The summed E-state index contributed by atoms with van der Waals surface area (Å²) in [6.45, 7) is 4.48. The highest BCUT2D eigenvalue weighted by Crippen LogP contribution is 2.45. The lowest BCUT2D eigenvalue weighted by Gasteiger charge is -2.21. The second-order valence-electron chi connectivity index (χ2n) is 24.8. The zero-order valence-electron chi connectivity index (χ0n) is 61.2. The Labute approximate surface area is 593 Å². The Morgan fingerprint density at radius 1 is 0.306 bits per heavy atom. The minimum absolute atomic E-state index is 0.0925. The van der Waals surface area contributed by atoms with Crippen LogP contribution < -0.4 is 0 Å². The number of carbonyl (C=O) groups is 4. The molecular weight excluding hydrogens is 1280 g/mol. The van der Waals surface area contributed by atoms with Crippen LogP contribution >= 0.6 is 15.6 Å². The highest BCUT2D eigenvalue weighted by molar-refractivity contribution is 7.47. The summed E-state index contributed by atoms with van der Waals surface area (Å²) in [7, 11) is -9.99. The fraction of sp³-hybridized carbons (Fsp3) is 0.696. The van der Waals surface area contributed by atoms with Crippen molar-refractivity contribution < 1.29 is 80.2 Å². The monoisotopic (exact) mass is 1420 g/mol. The molecule has 0 aliphatic rings. The van der Waals surface area contributed by atoms with Crippen LogP contribution in [0, 0.1) is 0 Å². The molecule has 0 aromatic heterocycles. The van der Waals surface area contributed by atoms with Crippen LogP contribution in [0.25, 0.3) is 0 Å². The Morgan fingerprint density at radius 2 is 0.571 bits per heavy atom. The quantitative estimate of drug-likeness (QED) is 0.0169. The van der Waals surface area contributed by atoms with E-state index in [9.17, 15) is 43.2 Å². The predicted octanol–water partition coefficient (Wildman–Crippen LogP) is 21.6. The van der Waals surface area contributed by atoms with E-state index in [0.717, 1.165) is 141 Å². The van der Waals surface area contributed by atoms with E-state index in [1.807, 2.05) is 12.2 Å². The molecule has 0 aromatic rings. The van der Waals surface area contributed by atoms with Gasteiger partial charge in [-0.1, -0.05) is 278 Å². The number of aliphatic hydroxyl groups excluding tert-OH is 1. The maximum Gasteiger partial charge on any atom is 0.472 e. The second kappa shape index (κ2) is 70.9. The third kappa shape index (κ3) is 69.9. The third-order valence-electron chi connectivity index (χ3n) is 15.5. The summed E-state index contributed by atoms with van der Waals surface area (Å²) in [5.74, 6) is -2.35. The number of hydrogen-bond acceptors (Lipinski definition) is 15. The molecule has 0 aromatic carbocycles. The second-order valence-corrected chi connectivity index (χ2v) is 27.8. The van der Waals surface area contributed by atoms with Gasteiger partial charge in [-0.3, -0.25) is 37.3 Å². The average Bonchev–Trinajstić information content (AvgIpc) is 1.02. The van der Waals surface area contributed by atoms with Gasteiger partial charge in [-0.2, -0.15) is 0 Å². The highest BCUT2D eigenvalue weighted by Gasteiger charge is 2.30. The molecule has 5 unspecified atom stereocenters. The van der Waals surface area contributed by atoms with E-state index in [-0.39, 0.29) is 25.7 Å². The molecule has 98 heavy (non-hydrogen) atoms. The van der Waals surface area contributed by atoms with Gasteiger partial charge in [-0.25, -0.2) is 9.13 Å². The van der Waals surface area contributed by atoms with E-state index in [2.05, 4.69) is 125 Å². The summed E-state index contributed by atoms with van der Waals surface area (Å²) < 4.78 is 68.3. The fourth-order valence-corrected chi connectivity index (χ4v) is 11.3. The van der Waals surface area contributed by atoms with Crippen molar-refractivity contribution >= 4 is 39.5 Å². The van der Waals surface area contributed by atoms with Crippen molar-refractivity contribution in [2.75, 3.05) is 39.6 Å². The van der Waals surface area contributed by atoms with Crippen molar-refractivity contribution in [3.8, 4) is 0 Å². The fourth-order valence-electron chi connectivity index (χ4n) is 9.75. The van der Waals surface area contributed by atoms with Crippen molar-refractivity contribution in [3.63, 3.8) is 0 Å². The first kappa shape index (κ1) is 93.5. The van der Waals surface area contributed by atoms with Gasteiger partial charge in [0.1, 0.15) is 19.3 Å². The minimum Gasteiger partial charge on any atom is -0.462 e. The predicted molar refractivity (Wildman–Crippen MR) is 399 cm³/mol. The molecule has 562 valence electrons. The molecule has 0 amide bonds. The molecule has 0 fully saturated rings. The largest absolute Gasteiger partial charge is 0.472 e. The number of rotatable bonds is 70. The molecular formula is C79H134O17P2. The number of ether oxygens (including phenoxy) is 4. The first-order valence-corrected chi connectivity index (χ1v) is 40.8. The maximum atomic E-state index is 13.1. The van der Waals surface area contributed by atoms with Crippen LogP contribution in [0.4, 0.5) is 0 Å². The van der Waals surface area contributed by atoms with Gasteiger partial charge in [-0.15, -0.1) is 0 Å². The Bertz CT molecular complexity index is 2340. The Morgan fingerprint density at radius 3 is 0.929 bits per heavy atom. The SMILES string of the molecule is CC/C=C\C/C=C\C/C=C\C/C=C\C/C=C\CC(=O)OC(COC(=O)CCCCCC/C=C\C/C=C\C/C=C\C/C=C\CC)COP(=O)(O)OCC(O)COP(=O)(O)OCC(COC(=O)CCCCCCC/C=C\CCCCCC)OC(=O)CCCCCCCCCCCCCCC. The molecule has 17 nitrogen and oxygen atoms in total. The summed E-state index contributed by atoms with van der Waals surface area (Å²) in [5.41, 5.74) is 0. The number of unbranched alkanes of at least 4 members (excludes halogenated alkanes) is 25. The normalized spacial score (nSPS) is 14.6. The number of aliphatic hydroxyl groups is 1. The molecule has 0 spiro atoms. The average molecular weight is 1420 g/mol. The van der Waals surface area contributed by atoms with Crippen LogP contribution in [-0.2, 0) is 65.4 Å². The van der Waals surface area contributed by atoms with Crippen LogP contribution in [0.5, 0.6) is 0 Å². The van der Waals surface area contributed by atoms with Crippen LogP contribution in [0.2, 0.25) is 0 Å². The van der Waals surface area contributed by atoms with E-state index >= 15 is 0 Å². The van der Waals surface area contributed by atoms with E-state index in [1.165, 1.54) is 77.0 Å². The molecule has 0 aliphatic carbocycles. The molecule has 0 saturated heterocycles. The smallest absolute Gasteiger partial charge is 0.462 e. The summed E-state index contributed by atoms with van der Waals surface area (Å²) in [6, 6.07) is 0. The molecule has 0 rings (SSSR count). The van der Waals surface area contributed by atoms with Gasteiger partial charge in [0.05, 0.1) is 32.8 Å².